The molecule has 2 heterocycles. The number of rotatable bonds is 6. The van der Waals surface area contributed by atoms with E-state index >= 15 is 0 Å². The molecule has 1 aliphatic heterocycles. The molecule has 9 heteroatoms. The molecule has 0 unspecified atom stereocenters. The second-order valence-corrected chi connectivity index (χ2v) is 7.75. The Morgan fingerprint density at radius 2 is 1.93 bits per heavy atom. The van der Waals surface area contributed by atoms with Gasteiger partial charge in [0.1, 0.15) is 6.33 Å². The van der Waals surface area contributed by atoms with Crippen molar-refractivity contribution in [3.63, 3.8) is 0 Å². The zero-order chi connectivity index (χ0) is 20.9. The molecule has 0 saturated carbocycles. The molecule has 1 amide bonds. The zero-order valence-electron chi connectivity index (χ0n) is 16.7. The Morgan fingerprint density at radius 1 is 1.17 bits per heavy atom. The van der Waals surface area contributed by atoms with Crippen molar-refractivity contribution in [3.8, 4) is 16.8 Å². The number of carbonyl (C=O) groups excluding carboxylic acids is 1. The Kier molecular flexibility index (Phi) is 6.37. The van der Waals surface area contributed by atoms with Gasteiger partial charge in [-0.05, 0) is 58.8 Å². The summed E-state index contributed by atoms with van der Waals surface area (Å²) in [5, 5.41) is 15.1. The highest BCUT2D eigenvalue weighted by atomic mass is 35.5. The van der Waals surface area contributed by atoms with Crippen molar-refractivity contribution in [2.75, 3.05) is 32.8 Å². The second-order valence-electron chi connectivity index (χ2n) is 7.32. The van der Waals surface area contributed by atoms with Crippen molar-refractivity contribution in [1.82, 2.24) is 30.4 Å². The summed E-state index contributed by atoms with van der Waals surface area (Å²) in [7, 11) is 0. The maximum atomic E-state index is 13.0. The highest BCUT2D eigenvalue weighted by molar-refractivity contribution is 6.30. The minimum atomic E-state index is -0.138. The molecule has 1 N–H and O–H groups in total. The van der Waals surface area contributed by atoms with Crippen molar-refractivity contribution in [3.05, 3.63) is 59.4 Å². The lowest BCUT2D eigenvalue weighted by molar-refractivity contribution is 0.0342. The molecular formula is C21H23ClN6O2. The van der Waals surface area contributed by atoms with Crippen LogP contribution >= 0.6 is 11.6 Å². The molecule has 1 atom stereocenters. The molecular weight excluding hydrogens is 404 g/mol. The van der Waals surface area contributed by atoms with E-state index in [1.807, 2.05) is 43.3 Å². The van der Waals surface area contributed by atoms with Gasteiger partial charge in [-0.25, -0.2) is 4.68 Å². The summed E-state index contributed by atoms with van der Waals surface area (Å²) in [6, 6.07) is 13.1. The van der Waals surface area contributed by atoms with Crippen LogP contribution in [0.25, 0.3) is 16.8 Å². The number of carbonyl (C=O) groups is 1. The molecule has 0 aliphatic carbocycles. The molecule has 4 rings (SSSR count). The standard InChI is InChI=1S/C21H23ClN6O2/c1-15(13-27-6-8-30-9-7-27)24-21(29)18-10-17(16-2-4-19(22)5-3-16)11-20(12-18)28-14-23-25-26-28/h2-5,10-12,14-15H,6-9,13H2,1H3,(H,24,29)/t15-/m1/s1. The van der Waals surface area contributed by atoms with Crippen LogP contribution in [-0.4, -0.2) is 69.9 Å². The first-order chi connectivity index (χ1) is 14.6. The number of nitrogens with one attached hydrogen (secondary N) is 1. The highest BCUT2D eigenvalue weighted by Crippen LogP contribution is 2.25. The molecule has 1 fully saturated rings. The Morgan fingerprint density at radius 3 is 2.63 bits per heavy atom. The predicted molar refractivity (Wildman–Crippen MR) is 114 cm³/mol. The molecule has 0 bridgehead atoms. The predicted octanol–water partition coefficient (Wildman–Crippen LogP) is 2.43. The summed E-state index contributed by atoms with van der Waals surface area (Å²) >= 11 is 6.02. The zero-order valence-corrected chi connectivity index (χ0v) is 17.4. The van der Waals surface area contributed by atoms with Crippen molar-refractivity contribution in [1.29, 1.82) is 0 Å². The van der Waals surface area contributed by atoms with Gasteiger partial charge in [-0.1, -0.05) is 23.7 Å². The van der Waals surface area contributed by atoms with Gasteiger partial charge in [0.25, 0.3) is 5.91 Å². The fourth-order valence-corrected chi connectivity index (χ4v) is 3.61. The summed E-state index contributed by atoms with van der Waals surface area (Å²) in [6.45, 7) is 6.04. The number of hydrogen-bond acceptors (Lipinski definition) is 6. The van der Waals surface area contributed by atoms with Crippen molar-refractivity contribution in [2.24, 2.45) is 0 Å². The fourth-order valence-electron chi connectivity index (χ4n) is 3.49. The van der Waals surface area contributed by atoms with Gasteiger partial charge in [0.2, 0.25) is 0 Å². The van der Waals surface area contributed by atoms with Crippen LogP contribution in [0.4, 0.5) is 0 Å². The van der Waals surface area contributed by atoms with Crippen molar-refractivity contribution < 1.29 is 9.53 Å². The summed E-state index contributed by atoms with van der Waals surface area (Å²) < 4.78 is 6.92. The summed E-state index contributed by atoms with van der Waals surface area (Å²) in [5.41, 5.74) is 3.08. The van der Waals surface area contributed by atoms with E-state index in [1.54, 1.807) is 6.07 Å². The topological polar surface area (TPSA) is 85.2 Å². The van der Waals surface area contributed by atoms with E-state index in [9.17, 15) is 4.79 Å². The number of ether oxygens (including phenoxy) is 1. The van der Waals surface area contributed by atoms with Crippen LogP contribution in [0.2, 0.25) is 5.02 Å². The van der Waals surface area contributed by atoms with Crippen LogP contribution in [0.1, 0.15) is 17.3 Å². The first kappa shape index (κ1) is 20.5. The average Bonchev–Trinajstić information content (AvgIpc) is 3.29. The number of halogens is 1. The van der Waals surface area contributed by atoms with Crippen LogP contribution in [0.15, 0.2) is 48.8 Å². The van der Waals surface area contributed by atoms with Gasteiger partial charge >= 0.3 is 0 Å². The van der Waals surface area contributed by atoms with Gasteiger partial charge in [-0.3, -0.25) is 9.69 Å². The van der Waals surface area contributed by atoms with Crippen LogP contribution in [0, 0.1) is 0 Å². The summed E-state index contributed by atoms with van der Waals surface area (Å²) in [5.74, 6) is -0.138. The Bertz CT molecular complexity index is 987. The van der Waals surface area contributed by atoms with Crippen LogP contribution in [0.5, 0.6) is 0 Å². The average molecular weight is 427 g/mol. The second kappa shape index (κ2) is 9.34. The van der Waals surface area contributed by atoms with E-state index in [4.69, 9.17) is 16.3 Å². The van der Waals surface area contributed by atoms with Gasteiger partial charge in [-0.15, -0.1) is 5.10 Å². The monoisotopic (exact) mass is 426 g/mol. The van der Waals surface area contributed by atoms with Crippen molar-refractivity contribution >= 4 is 17.5 Å². The molecule has 156 valence electrons. The maximum absolute atomic E-state index is 13.0. The minimum Gasteiger partial charge on any atom is -0.379 e. The molecule has 1 aromatic heterocycles. The van der Waals surface area contributed by atoms with Gasteiger partial charge in [0.05, 0.1) is 18.9 Å². The third kappa shape index (κ3) is 5.02. The minimum absolute atomic E-state index is 0.00581. The van der Waals surface area contributed by atoms with Crippen LogP contribution < -0.4 is 5.32 Å². The van der Waals surface area contributed by atoms with Crippen molar-refractivity contribution in [2.45, 2.75) is 13.0 Å². The van der Waals surface area contributed by atoms with Crippen LogP contribution in [-0.2, 0) is 4.74 Å². The number of benzene rings is 2. The fraction of sp³-hybridized carbons (Fsp3) is 0.333. The molecule has 1 saturated heterocycles. The number of tetrazole rings is 1. The van der Waals surface area contributed by atoms with E-state index in [1.165, 1.54) is 11.0 Å². The summed E-state index contributed by atoms with van der Waals surface area (Å²) in [6.07, 6.45) is 1.50. The van der Waals surface area contributed by atoms with E-state index in [0.29, 0.717) is 16.3 Å². The first-order valence-electron chi connectivity index (χ1n) is 9.84. The number of aromatic nitrogens is 4. The molecule has 8 nitrogen and oxygen atoms in total. The Hall–Kier alpha value is -2.81. The normalized spacial score (nSPS) is 15.7. The molecule has 0 spiro atoms. The lowest BCUT2D eigenvalue weighted by atomic mass is 10.0. The number of morpholine rings is 1. The largest absolute Gasteiger partial charge is 0.379 e. The number of nitrogens with zero attached hydrogens (tertiary/aromatic N) is 5. The highest BCUT2D eigenvalue weighted by Gasteiger charge is 2.17. The van der Waals surface area contributed by atoms with E-state index in [2.05, 4.69) is 25.7 Å². The molecule has 0 radical (unpaired) electrons. The number of amides is 1. The quantitative estimate of drug-likeness (QED) is 0.651. The van der Waals surface area contributed by atoms with E-state index in [0.717, 1.165) is 44.0 Å². The number of hydrogen-bond donors (Lipinski definition) is 1. The van der Waals surface area contributed by atoms with Gasteiger partial charge < -0.3 is 10.1 Å². The first-order valence-corrected chi connectivity index (χ1v) is 10.2. The molecule has 30 heavy (non-hydrogen) atoms. The SMILES string of the molecule is C[C@H](CN1CCOCC1)NC(=O)c1cc(-c2ccc(Cl)cc2)cc(-n2cnnn2)c1. The van der Waals surface area contributed by atoms with E-state index < -0.39 is 0 Å². The summed E-state index contributed by atoms with van der Waals surface area (Å²) in [4.78, 5) is 15.3. The Balaban J connectivity index is 1.57. The van der Waals surface area contributed by atoms with Crippen LogP contribution in [0.3, 0.4) is 0 Å². The molecule has 2 aromatic carbocycles. The van der Waals surface area contributed by atoms with Gasteiger partial charge in [-0.2, -0.15) is 0 Å². The lowest BCUT2D eigenvalue weighted by Crippen LogP contribution is -2.46. The third-order valence-electron chi connectivity index (χ3n) is 4.98. The molecule has 3 aromatic rings. The van der Waals surface area contributed by atoms with Gasteiger partial charge in [0, 0.05) is 36.3 Å². The maximum Gasteiger partial charge on any atom is 0.251 e. The third-order valence-corrected chi connectivity index (χ3v) is 5.24. The smallest absolute Gasteiger partial charge is 0.251 e. The Labute approximate surface area is 179 Å². The lowest BCUT2D eigenvalue weighted by Gasteiger charge is -2.29. The van der Waals surface area contributed by atoms with Gasteiger partial charge in [0.15, 0.2) is 0 Å². The van der Waals surface area contributed by atoms with E-state index in [-0.39, 0.29) is 11.9 Å². The molecule has 1 aliphatic rings.